The van der Waals surface area contributed by atoms with Crippen LogP contribution < -0.4 is 10.5 Å². The molecule has 2 aromatic carbocycles. The van der Waals surface area contributed by atoms with Gasteiger partial charge in [-0.15, -0.1) is 0 Å². The zero-order valence-corrected chi connectivity index (χ0v) is 16.6. The van der Waals surface area contributed by atoms with Crippen LogP contribution in [0.15, 0.2) is 42.5 Å². The Morgan fingerprint density at radius 2 is 2.03 bits per heavy atom. The lowest BCUT2D eigenvalue weighted by atomic mass is 10.1. The summed E-state index contributed by atoms with van der Waals surface area (Å²) >= 11 is 1.21. The molecule has 1 unspecified atom stereocenters. The van der Waals surface area contributed by atoms with Gasteiger partial charge in [0, 0.05) is 31.7 Å². The predicted octanol–water partition coefficient (Wildman–Crippen LogP) is 3.61. The van der Waals surface area contributed by atoms with Crippen LogP contribution in [-0.2, 0) is 6.42 Å². The fraction of sp³-hybridized carbons (Fsp3) is 0.333. The normalized spacial score (nSPS) is 21.2. The van der Waals surface area contributed by atoms with E-state index >= 15 is 0 Å². The van der Waals surface area contributed by atoms with E-state index in [1.807, 2.05) is 24.3 Å². The monoisotopic (exact) mass is 412 g/mol. The van der Waals surface area contributed by atoms with Gasteiger partial charge in [-0.25, -0.2) is 14.2 Å². The number of piperazine rings is 1. The van der Waals surface area contributed by atoms with Gasteiger partial charge in [-0.1, -0.05) is 29.5 Å². The summed E-state index contributed by atoms with van der Waals surface area (Å²) in [5.41, 5.74) is 7.26. The Balaban J connectivity index is 1.18. The van der Waals surface area contributed by atoms with E-state index in [1.165, 1.54) is 23.0 Å². The van der Waals surface area contributed by atoms with Crippen molar-refractivity contribution in [1.82, 2.24) is 14.8 Å². The van der Waals surface area contributed by atoms with Crippen molar-refractivity contribution in [3.8, 4) is 10.9 Å². The Bertz CT molecular complexity index is 1050. The van der Waals surface area contributed by atoms with Gasteiger partial charge in [-0.3, -0.25) is 4.90 Å². The Morgan fingerprint density at radius 3 is 2.72 bits per heavy atom. The van der Waals surface area contributed by atoms with Gasteiger partial charge in [0.05, 0.1) is 10.2 Å². The number of fused-ring (bicyclic) bond motifs is 3. The van der Waals surface area contributed by atoms with E-state index in [-0.39, 0.29) is 17.9 Å². The standard InChI is InChI=1S/C21H21FN4O2S/c22-17-2-1-3-18-19(17)29-21(24-18)28-16-6-4-13(5-7-16)8-9-25-11-15-10-14(25)12-26(15)20(23)27/h1-7,14-15H,8-12H2,(H2,23,27)/t14?,15-/m1/s1. The molecule has 5 rings (SSSR count). The third-order valence-corrected chi connectivity index (χ3v) is 6.76. The second-order valence-electron chi connectivity index (χ2n) is 7.59. The second kappa shape index (κ2) is 7.27. The molecule has 150 valence electrons. The molecule has 2 aliphatic heterocycles. The van der Waals surface area contributed by atoms with Gasteiger partial charge in [0.1, 0.15) is 11.6 Å². The number of rotatable bonds is 5. The van der Waals surface area contributed by atoms with Crippen molar-refractivity contribution < 1.29 is 13.9 Å². The van der Waals surface area contributed by atoms with Crippen LogP contribution in [0.25, 0.3) is 10.2 Å². The summed E-state index contributed by atoms with van der Waals surface area (Å²) in [4.78, 5) is 20.0. The summed E-state index contributed by atoms with van der Waals surface area (Å²) in [7, 11) is 0. The molecule has 29 heavy (non-hydrogen) atoms. The number of benzene rings is 2. The second-order valence-corrected chi connectivity index (χ2v) is 8.55. The zero-order chi connectivity index (χ0) is 20.0. The van der Waals surface area contributed by atoms with Gasteiger partial charge in [0.25, 0.3) is 5.19 Å². The number of likely N-dealkylation sites (tertiary alicyclic amines) is 2. The summed E-state index contributed by atoms with van der Waals surface area (Å²) in [5, 5.41) is 0.435. The topological polar surface area (TPSA) is 71.7 Å². The van der Waals surface area contributed by atoms with Gasteiger partial charge < -0.3 is 15.4 Å². The van der Waals surface area contributed by atoms with Crippen LogP contribution in [0, 0.1) is 5.82 Å². The molecule has 2 amide bonds. The lowest BCUT2D eigenvalue weighted by Gasteiger charge is -2.33. The van der Waals surface area contributed by atoms with E-state index in [1.54, 1.807) is 17.0 Å². The van der Waals surface area contributed by atoms with Crippen LogP contribution in [0.3, 0.4) is 0 Å². The van der Waals surface area contributed by atoms with E-state index in [0.29, 0.717) is 27.2 Å². The molecule has 2 fully saturated rings. The van der Waals surface area contributed by atoms with Crippen molar-refractivity contribution in [3.05, 3.63) is 53.8 Å². The van der Waals surface area contributed by atoms with Crippen molar-refractivity contribution in [2.75, 3.05) is 19.6 Å². The van der Waals surface area contributed by atoms with Crippen LogP contribution in [0.2, 0.25) is 0 Å². The minimum absolute atomic E-state index is 0.270. The molecular formula is C21H21FN4O2S. The minimum atomic E-state index is -0.302. The van der Waals surface area contributed by atoms with Gasteiger partial charge in [0.2, 0.25) is 0 Å². The molecule has 0 spiro atoms. The third kappa shape index (κ3) is 3.54. The maximum Gasteiger partial charge on any atom is 0.315 e. The SMILES string of the molecule is NC(=O)N1CC2C[C@@H]1CN2CCc1ccc(Oc2nc3cccc(F)c3s2)cc1. The number of thiazole rings is 1. The summed E-state index contributed by atoms with van der Waals surface area (Å²) < 4.78 is 20.1. The van der Waals surface area contributed by atoms with Crippen LogP contribution in [-0.4, -0.2) is 52.5 Å². The van der Waals surface area contributed by atoms with E-state index in [2.05, 4.69) is 9.88 Å². The van der Waals surface area contributed by atoms with E-state index in [0.717, 1.165) is 32.5 Å². The van der Waals surface area contributed by atoms with E-state index in [4.69, 9.17) is 10.5 Å². The first-order valence-electron chi connectivity index (χ1n) is 9.69. The van der Waals surface area contributed by atoms with Crippen LogP contribution >= 0.6 is 11.3 Å². The highest BCUT2D eigenvalue weighted by Crippen LogP contribution is 2.33. The predicted molar refractivity (Wildman–Crippen MR) is 110 cm³/mol. The largest absolute Gasteiger partial charge is 0.431 e. The zero-order valence-electron chi connectivity index (χ0n) is 15.8. The number of primary amides is 1. The molecule has 3 aromatic rings. The Morgan fingerprint density at radius 1 is 1.21 bits per heavy atom. The molecule has 2 atom stereocenters. The van der Waals surface area contributed by atoms with E-state index in [9.17, 15) is 9.18 Å². The van der Waals surface area contributed by atoms with Gasteiger partial charge in [-0.05, 0) is 42.7 Å². The first kappa shape index (κ1) is 18.3. The number of nitrogens with two attached hydrogens (primary N) is 1. The highest BCUT2D eigenvalue weighted by atomic mass is 32.1. The summed E-state index contributed by atoms with van der Waals surface area (Å²) in [5.74, 6) is 0.408. The number of amides is 2. The van der Waals surface area contributed by atoms with Crippen molar-refractivity contribution in [2.45, 2.75) is 24.9 Å². The molecule has 6 nitrogen and oxygen atoms in total. The molecule has 3 heterocycles. The number of ether oxygens (including phenoxy) is 1. The van der Waals surface area contributed by atoms with Gasteiger partial charge in [-0.2, -0.15) is 0 Å². The molecule has 2 aliphatic rings. The van der Waals surface area contributed by atoms with Crippen LogP contribution in [0.4, 0.5) is 9.18 Å². The van der Waals surface area contributed by atoms with Gasteiger partial charge in [0.15, 0.2) is 0 Å². The highest BCUT2D eigenvalue weighted by molar-refractivity contribution is 7.20. The Labute approximate surface area is 171 Å². The lowest BCUT2D eigenvalue weighted by molar-refractivity contribution is 0.142. The van der Waals surface area contributed by atoms with Crippen molar-refractivity contribution in [1.29, 1.82) is 0 Å². The smallest absolute Gasteiger partial charge is 0.315 e. The third-order valence-electron chi connectivity index (χ3n) is 5.80. The summed E-state index contributed by atoms with van der Waals surface area (Å²) in [6.07, 6.45) is 1.96. The number of hydrogen-bond acceptors (Lipinski definition) is 5. The number of nitrogens with zero attached hydrogens (tertiary/aromatic N) is 3. The average molecular weight is 412 g/mol. The molecular weight excluding hydrogens is 391 g/mol. The summed E-state index contributed by atoms with van der Waals surface area (Å²) in [6.45, 7) is 2.61. The Kier molecular flexibility index (Phi) is 4.60. The average Bonchev–Trinajstić information content (AvgIpc) is 3.41. The number of urea groups is 1. The summed E-state index contributed by atoms with van der Waals surface area (Å²) in [6, 6.07) is 13.2. The minimum Gasteiger partial charge on any atom is -0.431 e. The first-order chi connectivity index (χ1) is 14.1. The first-order valence-corrected chi connectivity index (χ1v) is 10.5. The molecule has 2 saturated heterocycles. The molecule has 1 aromatic heterocycles. The van der Waals surface area contributed by atoms with Crippen molar-refractivity contribution in [2.24, 2.45) is 5.73 Å². The Hall–Kier alpha value is -2.71. The van der Waals surface area contributed by atoms with Crippen molar-refractivity contribution >= 4 is 27.6 Å². The number of carbonyl (C=O) groups is 1. The van der Waals surface area contributed by atoms with E-state index < -0.39 is 0 Å². The molecule has 0 radical (unpaired) electrons. The number of carbonyl (C=O) groups excluding carboxylic acids is 1. The fourth-order valence-electron chi connectivity index (χ4n) is 4.33. The molecule has 2 N–H and O–H groups in total. The maximum atomic E-state index is 13.8. The number of hydrogen-bond donors (Lipinski definition) is 1. The maximum absolute atomic E-state index is 13.8. The molecule has 0 aliphatic carbocycles. The van der Waals surface area contributed by atoms with Gasteiger partial charge >= 0.3 is 6.03 Å². The lowest BCUT2D eigenvalue weighted by Crippen LogP contribution is -2.50. The molecule has 2 bridgehead atoms. The quantitative estimate of drug-likeness (QED) is 0.695. The fourth-order valence-corrected chi connectivity index (χ4v) is 5.17. The van der Waals surface area contributed by atoms with Crippen LogP contribution in [0.5, 0.6) is 10.9 Å². The van der Waals surface area contributed by atoms with Crippen molar-refractivity contribution in [3.63, 3.8) is 0 Å². The molecule has 8 heteroatoms. The number of halogens is 1. The number of aromatic nitrogens is 1. The van der Waals surface area contributed by atoms with Crippen LogP contribution in [0.1, 0.15) is 12.0 Å². The highest BCUT2D eigenvalue weighted by Gasteiger charge is 2.44. The molecule has 0 saturated carbocycles.